The molecule has 0 aromatic heterocycles. The minimum atomic E-state index is -2.94. The number of rotatable bonds is 10. The Hall–Kier alpha value is -0.111. The van der Waals surface area contributed by atoms with E-state index in [1.165, 1.54) is 0 Å². The van der Waals surface area contributed by atoms with Gasteiger partial charge in [-0.15, -0.1) is 0 Å². The summed E-state index contributed by atoms with van der Waals surface area (Å²) in [7, 11) is 0. The second-order valence-electron chi connectivity index (χ2n) is 4.23. The number of hydrogen-bond acceptors (Lipinski definition) is 3. The van der Waals surface area contributed by atoms with Crippen LogP contribution in [0, 0.1) is 0 Å². The summed E-state index contributed by atoms with van der Waals surface area (Å²) in [6.45, 7) is 5.23. The Labute approximate surface area is 122 Å². The fraction of sp³-hybridized carbons (Fsp3) is 0.571. The van der Waals surface area contributed by atoms with Gasteiger partial charge in [-0.1, -0.05) is 0 Å². The molecule has 1 aromatic rings. The second-order valence-corrected chi connectivity index (χ2v) is 10.8. The molecular formula is C14H23O3PSe. The quantitative estimate of drug-likeness (QED) is 0.367. The van der Waals surface area contributed by atoms with Crippen LogP contribution in [0.4, 0.5) is 0 Å². The van der Waals surface area contributed by atoms with Crippen molar-refractivity contribution >= 4 is 25.3 Å². The van der Waals surface area contributed by atoms with Gasteiger partial charge >= 0.3 is 122 Å². The van der Waals surface area contributed by atoms with Crippen LogP contribution in [-0.4, -0.2) is 27.7 Å². The zero-order valence-electron chi connectivity index (χ0n) is 11.7. The molecule has 3 nitrogen and oxygen atoms in total. The van der Waals surface area contributed by atoms with E-state index in [0.717, 1.165) is 30.1 Å². The van der Waals surface area contributed by atoms with Crippen LogP contribution < -0.4 is 4.46 Å². The van der Waals surface area contributed by atoms with Crippen molar-refractivity contribution in [1.82, 2.24) is 0 Å². The third-order valence-corrected chi connectivity index (χ3v) is 8.52. The van der Waals surface area contributed by atoms with Gasteiger partial charge in [-0.2, -0.15) is 0 Å². The maximum atomic E-state index is 12.7. The van der Waals surface area contributed by atoms with Crippen molar-refractivity contribution in [2.75, 3.05) is 13.2 Å². The van der Waals surface area contributed by atoms with Crippen LogP contribution in [0.15, 0.2) is 30.3 Å². The number of benzene rings is 1. The van der Waals surface area contributed by atoms with Crippen LogP contribution in [0.25, 0.3) is 0 Å². The summed E-state index contributed by atoms with van der Waals surface area (Å²) in [6.07, 6.45) is 0.977. The van der Waals surface area contributed by atoms with Crippen molar-refractivity contribution < 1.29 is 13.6 Å². The van der Waals surface area contributed by atoms with Crippen LogP contribution in [0.3, 0.4) is 0 Å². The van der Waals surface area contributed by atoms with E-state index in [9.17, 15) is 4.57 Å². The van der Waals surface area contributed by atoms with Crippen LogP contribution in [0.1, 0.15) is 39.5 Å². The van der Waals surface area contributed by atoms with Gasteiger partial charge in [0.15, 0.2) is 0 Å². The summed E-state index contributed by atoms with van der Waals surface area (Å²) in [5.74, 6) is 0. The summed E-state index contributed by atoms with van der Waals surface area (Å²) in [5, 5.41) is 0. The number of hydrogen-bond donors (Lipinski definition) is 0. The van der Waals surface area contributed by atoms with Crippen LogP contribution in [0.2, 0.25) is 0 Å². The molecule has 5 heteroatoms. The predicted molar refractivity (Wildman–Crippen MR) is 81.2 cm³/mol. The zero-order chi connectivity index (χ0) is 14.0. The molecule has 0 aliphatic heterocycles. The maximum absolute atomic E-state index is 12.7. The molecule has 1 aromatic carbocycles. The van der Waals surface area contributed by atoms with Gasteiger partial charge in [0.25, 0.3) is 0 Å². The van der Waals surface area contributed by atoms with E-state index in [-0.39, 0.29) is 14.5 Å². The summed E-state index contributed by atoms with van der Waals surface area (Å²) >= 11 is -0.268. The molecule has 0 radical (unpaired) electrons. The summed E-state index contributed by atoms with van der Waals surface area (Å²) in [5.41, 5.74) is 0. The molecule has 0 bridgehead atoms. The van der Waals surface area contributed by atoms with Gasteiger partial charge in [-0.25, -0.2) is 0 Å². The van der Waals surface area contributed by atoms with E-state index in [0.29, 0.717) is 13.2 Å². The zero-order valence-corrected chi connectivity index (χ0v) is 14.3. The third kappa shape index (κ3) is 7.29. The molecule has 0 fully saturated rings. The van der Waals surface area contributed by atoms with E-state index in [1.54, 1.807) is 0 Å². The first kappa shape index (κ1) is 16.9. The molecule has 0 aliphatic carbocycles. The van der Waals surface area contributed by atoms with Gasteiger partial charge in [-0.3, -0.25) is 0 Å². The molecule has 0 spiro atoms. The Morgan fingerprint density at radius 2 is 1.53 bits per heavy atom. The third-order valence-electron chi connectivity index (χ3n) is 2.46. The first-order valence-corrected chi connectivity index (χ1v) is 11.5. The average Bonchev–Trinajstić information content (AvgIpc) is 2.40. The summed E-state index contributed by atoms with van der Waals surface area (Å²) in [6, 6.07) is 9.84. The first-order chi connectivity index (χ1) is 9.20. The van der Waals surface area contributed by atoms with Crippen molar-refractivity contribution in [2.24, 2.45) is 0 Å². The van der Waals surface area contributed by atoms with E-state index >= 15 is 0 Å². The van der Waals surface area contributed by atoms with Gasteiger partial charge in [0, 0.05) is 0 Å². The van der Waals surface area contributed by atoms with Gasteiger partial charge in [-0.05, 0) is 0 Å². The second kappa shape index (κ2) is 9.74. The molecule has 0 heterocycles. The van der Waals surface area contributed by atoms with E-state index in [2.05, 4.69) is 13.8 Å². The Kier molecular flexibility index (Phi) is 8.69. The molecule has 0 saturated carbocycles. The Bertz CT molecular complexity index is 370. The van der Waals surface area contributed by atoms with Crippen molar-refractivity contribution in [2.45, 2.75) is 39.5 Å². The molecule has 0 N–H and O–H groups in total. The first-order valence-electron chi connectivity index (χ1n) is 6.84. The van der Waals surface area contributed by atoms with Gasteiger partial charge in [0.1, 0.15) is 0 Å². The molecular weight excluding hydrogens is 326 g/mol. The fourth-order valence-electron chi connectivity index (χ4n) is 1.34. The summed E-state index contributed by atoms with van der Waals surface area (Å²) < 4.78 is 24.9. The molecule has 0 aliphatic rings. The monoisotopic (exact) mass is 350 g/mol. The molecule has 0 unspecified atom stereocenters. The van der Waals surface area contributed by atoms with Crippen molar-refractivity contribution in [1.29, 1.82) is 0 Å². The molecule has 0 amide bonds. The standard InChI is InChI=1S/C14H23O3PSe/c1-3-5-12-16-18(15,17-13-6-4-2)19-14-10-8-7-9-11-14/h7-11H,3-6,12-13H2,1-2H3. The van der Waals surface area contributed by atoms with Crippen LogP contribution >= 0.6 is 6.29 Å². The Morgan fingerprint density at radius 3 is 2.00 bits per heavy atom. The molecule has 108 valence electrons. The predicted octanol–water partition coefficient (Wildman–Crippen LogP) is 3.76. The van der Waals surface area contributed by atoms with Crippen molar-refractivity contribution in [3.05, 3.63) is 30.3 Å². The molecule has 1 rings (SSSR count). The van der Waals surface area contributed by atoms with E-state index < -0.39 is 6.29 Å². The summed E-state index contributed by atoms with van der Waals surface area (Å²) in [4.78, 5) is 0. The van der Waals surface area contributed by atoms with E-state index in [1.807, 2.05) is 30.3 Å². The Morgan fingerprint density at radius 1 is 1.00 bits per heavy atom. The van der Waals surface area contributed by atoms with E-state index in [4.69, 9.17) is 9.05 Å². The molecule has 19 heavy (non-hydrogen) atoms. The SMILES string of the molecule is CCCCOP(=O)(OCCCC)[Se]c1ccccc1. The fourth-order valence-corrected chi connectivity index (χ4v) is 6.93. The number of unbranched alkanes of at least 4 members (excludes halogenated alkanes) is 2. The Balaban J connectivity index is 2.59. The van der Waals surface area contributed by atoms with Gasteiger partial charge < -0.3 is 0 Å². The van der Waals surface area contributed by atoms with Crippen molar-refractivity contribution in [3.8, 4) is 0 Å². The molecule has 0 atom stereocenters. The normalized spacial score (nSPS) is 11.7. The minimum absolute atomic E-state index is 0.268. The van der Waals surface area contributed by atoms with Crippen molar-refractivity contribution in [3.63, 3.8) is 0 Å². The van der Waals surface area contributed by atoms with Gasteiger partial charge in [0.05, 0.1) is 0 Å². The van der Waals surface area contributed by atoms with Gasteiger partial charge in [0.2, 0.25) is 0 Å². The topological polar surface area (TPSA) is 35.5 Å². The van der Waals surface area contributed by atoms with Crippen LogP contribution in [0.5, 0.6) is 0 Å². The van der Waals surface area contributed by atoms with Crippen LogP contribution in [-0.2, 0) is 13.6 Å². The average molecular weight is 349 g/mol. The molecule has 0 saturated heterocycles.